The van der Waals surface area contributed by atoms with E-state index in [1.54, 1.807) is 0 Å². The highest BCUT2D eigenvalue weighted by Crippen LogP contribution is 2.13. The van der Waals surface area contributed by atoms with Crippen molar-refractivity contribution in [2.24, 2.45) is 0 Å². The standard InChI is InChI=1S/C22H41N3O4/c1-8-13-15-28-22(29-16-14-9-2)24-21(27)18(7)23-20(26)17(6)19(10-3)25(11-4)12-5/h19,22H,6-16H2,1-5H3,(H,23,26)(H,24,27). The van der Waals surface area contributed by atoms with Crippen LogP contribution in [0.25, 0.3) is 0 Å². The monoisotopic (exact) mass is 411 g/mol. The van der Waals surface area contributed by atoms with Gasteiger partial charge in [0.2, 0.25) is 6.41 Å². The second-order valence-corrected chi connectivity index (χ2v) is 6.86. The minimum atomic E-state index is -0.864. The van der Waals surface area contributed by atoms with E-state index in [0.717, 1.165) is 45.2 Å². The number of carbonyl (C=O) groups is 2. The molecule has 1 atom stereocenters. The molecule has 7 nitrogen and oxygen atoms in total. The summed E-state index contributed by atoms with van der Waals surface area (Å²) < 4.78 is 11.2. The highest BCUT2D eigenvalue weighted by molar-refractivity contribution is 6.02. The Balaban J connectivity index is 4.82. The molecule has 1 unspecified atom stereocenters. The lowest BCUT2D eigenvalue weighted by atomic mass is 10.0. The van der Waals surface area contributed by atoms with Crippen LogP contribution in [-0.2, 0) is 19.1 Å². The van der Waals surface area contributed by atoms with Crippen LogP contribution >= 0.6 is 0 Å². The van der Waals surface area contributed by atoms with Gasteiger partial charge in [-0.3, -0.25) is 14.5 Å². The van der Waals surface area contributed by atoms with Crippen molar-refractivity contribution in [1.82, 2.24) is 15.5 Å². The predicted octanol–water partition coefficient (Wildman–Crippen LogP) is 3.33. The van der Waals surface area contributed by atoms with E-state index in [9.17, 15) is 9.59 Å². The van der Waals surface area contributed by atoms with Crippen molar-refractivity contribution in [3.8, 4) is 0 Å². The molecule has 0 saturated carbocycles. The lowest BCUT2D eigenvalue weighted by Crippen LogP contribution is -2.45. The molecule has 2 N–H and O–H groups in total. The van der Waals surface area contributed by atoms with Gasteiger partial charge >= 0.3 is 0 Å². The van der Waals surface area contributed by atoms with E-state index in [1.807, 2.05) is 20.8 Å². The topological polar surface area (TPSA) is 79.9 Å². The largest absolute Gasteiger partial charge is 0.335 e. The average molecular weight is 412 g/mol. The second-order valence-electron chi connectivity index (χ2n) is 6.86. The molecule has 0 aliphatic carbocycles. The van der Waals surface area contributed by atoms with Crippen LogP contribution in [0.1, 0.15) is 66.7 Å². The highest BCUT2D eigenvalue weighted by Gasteiger charge is 2.24. The number of nitrogens with zero attached hydrogens (tertiary/aromatic N) is 1. The van der Waals surface area contributed by atoms with Crippen molar-refractivity contribution in [2.45, 2.75) is 79.2 Å². The van der Waals surface area contributed by atoms with E-state index in [2.05, 4.69) is 42.5 Å². The maximum Gasteiger partial charge on any atom is 0.271 e. The van der Waals surface area contributed by atoms with Gasteiger partial charge in [-0.25, -0.2) is 0 Å². The molecule has 0 aromatic rings. The van der Waals surface area contributed by atoms with Crippen LogP contribution < -0.4 is 10.6 Å². The first-order chi connectivity index (χ1) is 13.9. The molecule has 0 aliphatic heterocycles. The zero-order valence-corrected chi connectivity index (χ0v) is 19.0. The Morgan fingerprint density at radius 1 is 0.897 bits per heavy atom. The molecule has 0 fully saturated rings. The molecule has 0 saturated heterocycles. The Labute approximate surface area is 176 Å². The van der Waals surface area contributed by atoms with E-state index < -0.39 is 18.2 Å². The Kier molecular flexibility index (Phi) is 15.2. The summed E-state index contributed by atoms with van der Waals surface area (Å²) in [7, 11) is 0. The maximum atomic E-state index is 12.6. The van der Waals surface area contributed by atoms with Crippen molar-refractivity contribution in [2.75, 3.05) is 26.3 Å². The van der Waals surface area contributed by atoms with Crippen molar-refractivity contribution in [1.29, 1.82) is 0 Å². The smallest absolute Gasteiger partial charge is 0.271 e. The number of ether oxygens (including phenoxy) is 2. The Bertz CT molecular complexity index is 508. The van der Waals surface area contributed by atoms with Crippen LogP contribution in [-0.4, -0.2) is 55.5 Å². The zero-order valence-electron chi connectivity index (χ0n) is 19.0. The van der Waals surface area contributed by atoms with E-state index >= 15 is 0 Å². The van der Waals surface area contributed by atoms with Crippen LogP contribution in [0.4, 0.5) is 0 Å². The van der Waals surface area contributed by atoms with Gasteiger partial charge in [0.15, 0.2) is 0 Å². The van der Waals surface area contributed by atoms with Crippen LogP contribution in [0, 0.1) is 0 Å². The summed E-state index contributed by atoms with van der Waals surface area (Å²) in [5.41, 5.74) is 0.355. The number of hydrogen-bond acceptors (Lipinski definition) is 5. The molecular weight excluding hydrogens is 370 g/mol. The van der Waals surface area contributed by atoms with Gasteiger partial charge < -0.3 is 20.1 Å². The normalized spacial score (nSPS) is 12.1. The Morgan fingerprint density at radius 3 is 1.83 bits per heavy atom. The zero-order chi connectivity index (χ0) is 22.2. The first-order valence-corrected chi connectivity index (χ1v) is 10.8. The van der Waals surface area contributed by atoms with Gasteiger partial charge in [0.05, 0.1) is 18.9 Å². The molecule has 7 heteroatoms. The van der Waals surface area contributed by atoms with Crippen LogP contribution in [0.2, 0.25) is 0 Å². The van der Waals surface area contributed by atoms with E-state index in [-0.39, 0.29) is 11.7 Å². The minimum absolute atomic E-state index is 0.0614. The number of unbranched alkanes of at least 4 members (excludes halogenated alkanes) is 2. The SMILES string of the molecule is C=C(NC(=O)C(=C)C(CC)N(CC)CC)C(=O)NC(OCCCC)OCCCC. The lowest BCUT2D eigenvalue weighted by Gasteiger charge is -2.30. The van der Waals surface area contributed by atoms with Crippen molar-refractivity contribution >= 4 is 11.8 Å². The first kappa shape index (κ1) is 27.3. The van der Waals surface area contributed by atoms with Gasteiger partial charge in [0.25, 0.3) is 11.8 Å². The minimum Gasteiger partial charge on any atom is -0.335 e. The molecule has 0 spiro atoms. The van der Waals surface area contributed by atoms with Gasteiger partial charge in [-0.15, -0.1) is 0 Å². The van der Waals surface area contributed by atoms with Gasteiger partial charge in [0.1, 0.15) is 0 Å². The molecule has 0 bridgehead atoms. The number of nitrogens with one attached hydrogen (secondary N) is 2. The van der Waals surface area contributed by atoms with Crippen molar-refractivity contribution in [3.05, 3.63) is 24.4 Å². The Hall–Kier alpha value is -1.70. The fourth-order valence-electron chi connectivity index (χ4n) is 2.81. The number of carbonyl (C=O) groups excluding carboxylic acids is 2. The molecule has 2 amide bonds. The maximum absolute atomic E-state index is 12.6. The fraction of sp³-hybridized carbons (Fsp3) is 0.727. The summed E-state index contributed by atoms with van der Waals surface area (Å²) in [6, 6.07) is -0.0802. The van der Waals surface area contributed by atoms with Gasteiger partial charge in [-0.2, -0.15) is 0 Å². The first-order valence-electron chi connectivity index (χ1n) is 10.8. The summed E-state index contributed by atoms with van der Waals surface area (Å²) in [4.78, 5) is 27.2. The van der Waals surface area contributed by atoms with Crippen molar-refractivity contribution < 1.29 is 19.1 Å². The Morgan fingerprint density at radius 2 is 1.41 bits per heavy atom. The molecule has 0 heterocycles. The summed E-state index contributed by atoms with van der Waals surface area (Å²) in [5.74, 6) is -0.945. The number of likely N-dealkylation sites (N-methyl/N-ethyl adjacent to an activating group) is 1. The van der Waals surface area contributed by atoms with Gasteiger partial charge in [-0.1, -0.05) is 60.6 Å². The second kappa shape index (κ2) is 16.1. The molecule has 0 rings (SSSR count). The third-order valence-corrected chi connectivity index (χ3v) is 4.66. The highest BCUT2D eigenvalue weighted by atomic mass is 16.7. The number of amides is 2. The molecule has 168 valence electrons. The molecule has 0 aromatic carbocycles. The van der Waals surface area contributed by atoms with Crippen LogP contribution in [0.5, 0.6) is 0 Å². The summed E-state index contributed by atoms with van der Waals surface area (Å²) >= 11 is 0. The third kappa shape index (κ3) is 10.6. The van der Waals surface area contributed by atoms with Crippen molar-refractivity contribution in [3.63, 3.8) is 0 Å². The molecule has 29 heavy (non-hydrogen) atoms. The van der Waals surface area contributed by atoms with E-state index in [0.29, 0.717) is 18.8 Å². The number of hydrogen-bond donors (Lipinski definition) is 2. The van der Waals surface area contributed by atoms with Gasteiger partial charge in [0, 0.05) is 11.6 Å². The quantitative estimate of drug-likeness (QED) is 0.218. The number of rotatable bonds is 17. The summed E-state index contributed by atoms with van der Waals surface area (Å²) in [6.45, 7) is 20.4. The molecule has 0 aliphatic rings. The molecule has 0 radical (unpaired) electrons. The molecular formula is C22H41N3O4. The summed E-state index contributed by atoms with van der Waals surface area (Å²) in [6.07, 6.45) is 3.58. The van der Waals surface area contributed by atoms with Gasteiger partial charge in [-0.05, 0) is 32.4 Å². The van der Waals surface area contributed by atoms with Crippen LogP contribution in [0.15, 0.2) is 24.4 Å². The predicted molar refractivity (Wildman–Crippen MR) is 117 cm³/mol. The average Bonchev–Trinajstić information content (AvgIpc) is 2.71. The van der Waals surface area contributed by atoms with Crippen LogP contribution in [0.3, 0.4) is 0 Å². The fourth-order valence-corrected chi connectivity index (χ4v) is 2.81. The third-order valence-electron chi connectivity index (χ3n) is 4.66. The van der Waals surface area contributed by atoms with E-state index in [1.165, 1.54) is 0 Å². The summed E-state index contributed by atoms with van der Waals surface area (Å²) in [5, 5.41) is 5.18. The molecule has 0 aromatic heterocycles. The lowest BCUT2D eigenvalue weighted by molar-refractivity contribution is -0.169. The van der Waals surface area contributed by atoms with E-state index in [4.69, 9.17) is 9.47 Å².